The predicted molar refractivity (Wildman–Crippen MR) is 104 cm³/mol. The Morgan fingerprint density at radius 1 is 1.29 bits per heavy atom. The number of phenolic OH excluding ortho intramolecular Hbond substituents is 1. The van der Waals surface area contributed by atoms with Crippen molar-refractivity contribution in [2.24, 2.45) is 4.99 Å². The number of likely N-dealkylation sites (N-methyl/N-ethyl adjacent to an activating group) is 1. The largest absolute Gasteiger partial charge is 0.507 e. The molecule has 9 nitrogen and oxygen atoms in total. The van der Waals surface area contributed by atoms with Gasteiger partial charge in [0.15, 0.2) is 5.17 Å². The molecule has 0 unspecified atom stereocenters. The van der Waals surface area contributed by atoms with Gasteiger partial charge in [-0.3, -0.25) is 19.8 Å². The van der Waals surface area contributed by atoms with Gasteiger partial charge in [0.2, 0.25) is 0 Å². The molecular formula is C18H13N3O6S. The number of aromatic hydroxyl groups is 1. The summed E-state index contributed by atoms with van der Waals surface area (Å²) in [6.45, 7) is 0. The molecule has 0 aliphatic carbocycles. The van der Waals surface area contributed by atoms with Crippen molar-refractivity contribution < 1.29 is 24.7 Å². The number of amides is 1. The topological polar surface area (TPSA) is 133 Å². The quantitative estimate of drug-likeness (QED) is 0.458. The number of carboxylic acids is 1. The maximum Gasteiger partial charge on any atom is 0.337 e. The van der Waals surface area contributed by atoms with Crippen LogP contribution in [0.2, 0.25) is 0 Å². The van der Waals surface area contributed by atoms with Crippen molar-refractivity contribution in [3.63, 3.8) is 0 Å². The van der Waals surface area contributed by atoms with E-state index >= 15 is 0 Å². The molecule has 2 aromatic rings. The molecule has 0 spiro atoms. The predicted octanol–water partition coefficient (Wildman–Crippen LogP) is 3.23. The Labute approximate surface area is 162 Å². The van der Waals surface area contributed by atoms with E-state index in [9.17, 15) is 29.9 Å². The first-order valence-electron chi connectivity index (χ1n) is 7.84. The van der Waals surface area contributed by atoms with Gasteiger partial charge in [0, 0.05) is 24.7 Å². The number of carbonyl (C=O) groups is 2. The van der Waals surface area contributed by atoms with Crippen molar-refractivity contribution in [1.29, 1.82) is 0 Å². The number of thioether (sulfide) groups is 1. The number of nitrogens with zero attached hydrogens (tertiary/aromatic N) is 3. The number of rotatable bonds is 4. The maximum absolute atomic E-state index is 12.5. The molecular weight excluding hydrogens is 386 g/mol. The summed E-state index contributed by atoms with van der Waals surface area (Å²) in [4.78, 5) is 39.8. The normalized spacial score (nSPS) is 16.8. The fourth-order valence-electron chi connectivity index (χ4n) is 2.42. The summed E-state index contributed by atoms with van der Waals surface area (Å²) in [7, 11) is 1.48. The number of para-hydroxylation sites is 1. The van der Waals surface area contributed by atoms with E-state index in [-0.39, 0.29) is 38.3 Å². The Hall–Kier alpha value is -3.66. The first-order valence-corrected chi connectivity index (χ1v) is 8.65. The number of phenols is 1. The lowest BCUT2D eigenvalue weighted by Gasteiger charge is -2.08. The van der Waals surface area contributed by atoms with Crippen molar-refractivity contribution in [3.05, 3.63) is 68.6 Å². The molecule has 2 N–H and O–H groups in total. The molecule has 1 heterocycles. The standard InChI is InChI=1S/C18H13N3O6S/c1-20-16(23)15(9-10-8-11(21(26)27)6-7-14(10)22)28-18(20)19-13-5-3-2-4-12(13)17(24)25/h2-9,22H,1H3,(H,24,25)/b15-9-,19-18?. The average Bonchev–Trinajstić information content (AvgIpc) is 2.91. The second-order valence-electron chi connectivity index (χ2n) is 5.69. The van der Waals surface area contributed by atoms with Gasteiger partial charge in [-0.2, -0.15) is 0 Å². The molecule has 1 saturated heterocycles. The van der Waals surface area contributed by atoms with E-state index in [1.54, 1.807) is 12.1 Å². The van der Waals surface area contributed by atoms with Crippen LogP contribution in [0.3, 0.4) is 0 Å². The third kappa shape index (κ3) is 3.71. The third-order valence-corrected chi connectivity index (χ3v) is 4.92. The summed E-state index contributed by atoms with van der Waals surface area (Å²) in [6, 6.07) is 9.61. The fraction of sp³-hybridized carbons (Fsp3) is 0.0556. The van der Waals surface area contributed by atoms with E-state index < -0.39 is 16.8 Å². The molecule has 3 rings (SSSR count). The molecule has 0 aromatic heterocycles. The van der Waals surface area contributed by atoms with Gasteiger partial charge in [0.05, 0.1) is 21.1 Å². The van der Waals surface area contributed by atoms with Crippen LogP contribution in [0, 0.1) is 10.1 Å². The minimum absolute atomic E-state index is 0.00907. The highest BCUT2D eigenvalue weighted by molar-refractivity contribution is 8.18. The van der Waals surface area contributed by atoms with Crippen molar-refractivity contribution in [1.82, 2.24) is 4.90 Å². The Bertz CT molecular complexity index is 1060. The third-order valence-electron chi connectivity index (χ3n) is 3.86. The number of carbonyl (C=O) groups excluding carboxylic acids is 1. The van der Waals surface area contributed by atoms with Gasteiger partial charge in [-0.1, -0.05) is 12.1 Å². The Kier molecular flexibility index (Phi) is 5.14. The van der Waals surface area contributed by atoms with E-state index in [2.05, 4.69) is 4.99 Å². The lowest BCUT2D eigenvalue weighted by Crippen LogP contribution is -2.23. The Morgan fingerprint density at radius 3 is 2.68 bits per heavy atom. The van der Waals surface area contributed by atoms with Crippen LogP contribution in [0.25, 0.3) is 6.08 Å². The average molecular weight is 399 g/mol. The maximum atomic E-state index is 12.5. The molecule has 142 valence electrons. The highest BCUT2D eigenvalue weighted by atomic mass is 32.2. The van der Waals surface area contributed by atoms with Gasteiger partial charge in [0.25, 0.3) is 11.6 Å². The molecule has 0 radical (unpaired) electrons. The zero-order chi connectivity index (χ0) is 20.4. The number of non-ortho nitro benzene ring substituents is 1. The lowest BCUT2D eigenvalue weighted by molar-refractivity contribution is -0.384. The summed E-state index contributed by atoms with van der Waals surface area (Å²) in [5.74, 6) is -1.78. The van der Waals surface area contributed by atoms with Crippen molar-refractivity contribution in [3.8, 4) is 5.75 Å². The molecule has 0 bridgehead atoms. The lowest BCUT2D eigenvalue weighted by atomic mass is 10.1. The van der Waals surface area contributed by atoms with Gasteiger partial charge in [0.1, 0.15) is 5.75 Å². The number of nitro benzene ring substituents is 1. The zero-order valence-corrected chi connectivity index (χ0v) is 15.2. The molecule has 0 atom stereocenters. The molecule has 2 aromatic carbocycles. The number of carboxylic acid groups (broad SMARTS) is 1. The number of hydrogen-bond acceptors (Lipinski definition) is 7. The number of aromatic carboxylic acids is 1. The van der Waals surface area contributed by atoms with E-state index in [1.807, 2.05) is 0 Å². The second-order valence-corrected chi connectivity index (χ2v) is 6.70. The van der Waals surface area contributed by atoms with E-state index in [4.69, 9.17) is 0 Å². The number of benzene rings is 2. The van der Waals surface area contributed by atoms with Crippen LogP contribution in [-0.2, 0) is 4.79 Å². The van der Waals surface area contributed by atoms with Crippen LogP contribution in [0.5, 0.6) is 5.75 Å². The summed E-state index contributed by atoms with van der Waals surface area (Å²) in [6.07, 6.45) is 1.33. The molecule has 10 heteroatoms. The number of hydrogen-bond donors (Lipinski definition) is 2. The van der Waals surface area contributed by atoms with Crippen LogP contribution >= 0.6 is 11.8 Å². The minimum Gasteiger partial charge on any atom is -0.507 e. The zero-order valence-electron chi connectivity index (χ0n) is 14.4. The van der Waals surface area contributed by atoms with Gasteiger partial charge in [-0.15, -0.1) is 0 Å². The van der Waals surface area contributed by atoms with Crippen molar-refractivity contribution >= 4 is 46.3 Å². The Balaban J connectivity index is 1.99. The molecule has 0 saturated carbocycles. The molecule has 1 aliphatic heterocycles. The minimum atomic E-state index is -1.14. The van der Waals surface area contributed by atoms with Crippen LogP contribution in [-0.4, -0.2) is 44.1 Å². The van der Waals surface area contributed by atoms with Crippen molar-refractivity contribution in [2.75, 3.05) is 7.05 Å². The molecule has 1 fully saturated rings. The smallest absolute Gasteiger partial charge is 0.337 e. The van der Waals surface area contributed by atoms with Gasteiger partial charge in [-0.05, 0) is 36.0 Å². The van der Waals surface area contributed by atoms with Crippen LogP contribution in [0.4, 0.5) is 11.4 Å². The number of amidine groups is 1. The van der Waals surface area contributed by atoms with Gasteiger partial charge < -0.3 is 10.2 Å². The van der Waals surface area contributed by atoms with Gasteiger partial charge >= 0.3 is 5.97 Å². The monoisotopic (exact) mass is 399 g/mol. The summed E-state index contributed by atoms with van der Waals surface area (Å²) >= 11 is 0.974. The van der Waals surface area contributed by atoms with Crippen LogP contribution < -0.4 is 0 Å². The van der Waals surface area contributed by atoms with Crippen molar-refractivity contribution in [2.45, 2.75) is 0 Å². The first kappa shape index (κ1) is 19.1. The highest BCUT2D eigenvalue weighted by Gasteiger charge is 2.31. The fourth-order valence-corrected chi connectivity index (χ4v) is 3.39. The summed E-state index contributed by atoms with van der Waals surface area (Å²) in [5, 5.41) is 30.3. The second kappa shape index (κ2) is 7.53. The van der Waals surface area contributed by atoms with E-state index in [1.165, 1.54) is 36.2 Å². The summed E-state index contributed by atoms with van der Waals surface area (Å²) < 4.78 is 0. The van der Waals surface area contributed by atoms with E-state index in [0.717, 1.165) is 23.9 Å². The molecule has 1 aliphatic rings. The first-order chi connectivity index (χ1) is 13.3. The molecule has 1 amide bonds. The van der Waals surface area contributed by atoms with E-state index in [0.29, 0.717) is 0 Å². The summed E-state index contributed by atoms with van der Waals surface area (Å²) in [5.41, 5.74) is 0.0742. The van der Waals surface area contributed by atoms with Crippen LogP contribution in [0.1, 0.15) is 15.9 Å². The number of aliphatic imine (C=N–C) groups is 1. The highest BCUT2D eigenvalue weighted by Crippen LogP contribution is 2.35. The van der Waals surface area contributed by atoms with Crippen LogP contribution in [0.15, 0.2) is 52.4 Å². The number of nitro groups is 1. The Morgan fingerprint density at radius 2 is 2.00 bits per heavy atom. The SMILES string of the molecule is CN1C(=O)/C(=C/c2cc([N+](=O)[O-])ccc2O)SC1=Nc1ccccc1C(=O)O. The van der Waals surface area contributed by atoms with Gasteiger partial charge in [-0.25, -0.2) is 9.79 Å². The molecule has 28 heavy (non-hydrogen) atoms.